The molecule has 0 radical (unpaired) electrons. The van der Waals surface area contributed by atoms with Gasteiger partial charge in [0.2, 0.25) is 0 Å². The number of benzene rings is 2. The number of hydrogen-bond donors (Lipinski definition) is 1. The van der Waals surface area contributed by atoms with E-state index in [-0.39, 0.29) is 11.1 Å². The summed E-state index contributed by atoms with van der Waals surface area (Å²) in [6.45, 7) is 0. The Balaban J connectivity index is 2.47. The predicted octanol–water partition coefficient (Wildman–Crippen LogP) is 4.18. The Labute approximate surface area is 118 Å². The van der Waals surface area contributed by atoms with E-state index < -0.39 is 5.92 Å². The maximum absolute atomic E-state index is 14.4. The van der Waals surface area contributed by atoms with E-state index in [2.05, 4.69) is 15.9 Å². The Morgan fingerprint density at radius 2 is 1.79 bits per heavy atom. The third kappa shape index (κ3) is 2.71. The van der Waals surface area contributed by atoms with Gasteiger partial charge >= 0.3 is 0 Å². The van der Waals surface area contributed by atoms with Crippen LogP contribution in [0, 0.1) is 0 Å². The molecule has 100 valence electrons. The molecule has 2 aromatic rings. The van der Waals surface area contributed by atoms with Crippen LogP contribution in [0.3, 0.4) is 0 Å². The molecule has 19 heavy (non-hydrogen) atoms. The van der Waals surface area contributed by atoms with Crippen molar-refractivity contribution in [3.8, 4) is 5.75 Å². The number of nitrogens with two attached hydrogens (primary N) is 1. The summed E-state index contributed by atoms with van der Waals surface area (Å²) >= 11 is 3.20. The lowest BCUT2D eigenvalue weighted by molar-refractivity contribution is 0.0428. The fourth-order valence-corrected chi connectivity index (χ4v) is 2.30. The van der Waals surface area contributed by atoms with Crippen molar-refractivity contribution in [3.63, 3.8) is 0 Å². The lowest BCUT2D eigenvalue weighted by atomic mass is 10.00. The van der Waals surface area contributed by atoms with Gasteiger partial charge in [-0.05, 0) is 46.3 Å². The maximum atomic E-state index is 14.4. The number of ether oxygens (including phenoxy) is 1. The van der Waals surface area contributed by atoms with Gasteiger partial charge in [-0.3, -0.25) is 0 Å². The van der Waals surface area contributed by atoms with E-state index >= 15 is 0 Å². The normalized spacial score (nSPS) is 11.4. The molecule has 2 aromatic carbocycles. The number of alkyl halides is 2. The molecule has 0 aliphatic carbocycles. The molecule has 0 fully saturated rings. The molecular weight excluding hydrogens is 316 g/mol. The number of anilines is 1. The molecule has 2 nitrogen and oxygen atoms in total. The van der Waals surface area contributed by atoms with Gasteiger partial charge < -0.3 is 10.5 Å². The van der Waals surface area contributed by atoms with Gasteiger partial charge in [0, 0.05) is 16.8 Å². The predicted molar refractivity (Wildman–Crippen MR) is 74.5 cm³/mol. The first kappa shape index (κ1) is 13.8. The van der Waals surface area contributed by atoms with Gasteiger partial charge in [0.1, 0.15) is 5.75 Å². The number of nitrogen functional groups attached to an aromatic ring is 1. The van der Waals surface area contributed by atoms with E-state index in [4.69, 9.17) is 10.5 Å². The molecule has 0 atom stereocenters. The summed E-state index contributed by atoms with van der Waals surface area (Å²) in [6.07, 6.45) is 0. The maximum Gasteiger partial charge on any atom is 0.298 e. The molecule has 0 aliphatic rings. The van der Waals surface area contributed by atoms with Crippen LogP contribution in [0.15, 0.2) is 46.9 Å². The minimum Gasteiger partial charge on any atom is -0.496 e. The summed E-state index contributed by atoms with van der Waals surface area (Å²) in [4.78, 5) is 0. The minimum atomic E-state index is -3.11. The molecule has 2 rings (SSSR count). The Morgan fingerprint density at radius 1 is 1.11 bits per heavy atom. The van der Waals surface area contributed by atoms with Crippen molar-refractivity contribution in [2.45, 2.75) is 5.92 Å². The quantitative estimate of drug-likeness (QED) is 0.858. The highest BCUT2D eigenvalue weighted by Gasteiger charge is 2.34. The van der Waals surface area contributed by atoms with Gasteiger partial charge in [-0.1, -0.05) is 12.1 Å². The Hall–Kier alpha value is -1.62. The zero-order chi connectivity index (χ0) is 14.0. The molecule has 0 saturated heterocycles. The zero-order valence-electron chi connectivity index (χ0n) is 10.2. The Bertz CT molecular complexity index is 602. The molecule has 0 aliphatic heterocycles. The molecule has 0 amide bonds. The van der Waals surface area contributed by atoms with Crippen LogP contribution >= 0.6 is 15.9 Å². The van der Waals surface area contributed by atoms with E-state index in [0.717, 1.165) is 0 Å². The van der Waals surface area contributed by atoms with Gasteiger partial charge in [0.15, 0.2) is 0 Å². The first-order valence-electron chi connectivity index (χ1n) is 5.53. The van der Waals surface area contributed by atoms with E-state index in [9.17, 15) is 8.78 Å². The summed E-state index contributed by atoms with van der Waals surface area (Å²) in [5.74, 6) is -2.60. The Morgan fingerprint density at radius 3 is 2.37 bits per heavy atom. The van der Waals surface area contributed by atoms with Crippen molar-refractivity contribution in [3.05, 3.63) is 58.1 Å². The molecule has 2 N–H and O–H groups in total. The molecule has 0 saturated carbocycles. The molecule has 0 bridgehead atoms. The smallest absolute Gasteiger partial charge is 0.298 e. The van der Waals surface area contributed by atoms with Gasteiger partial charge in [-0.25, -0.2) is 0 Å². The van der Waals surface area contributed by atoms with Crippen LogP contribution in [-0.2, 0) is 5.92 Å². The van der Waals surface area contributed by atoms with Crippen molar-refractivity contribution >= 4 is 21.6 Å². The molecular formula is C14H12BrF2NO. The van der Waals surface area contributed by atoms with Crippen LogP contribution < -0.4 is 10.5 Å². The van der Waals surface area contributed by atoms with Crippen molar-refractivity contribution in [1.82, 2.24) is 0 Å². The average Bonchev–Trinajstić information content (AvgIpc) is 2.38. The third-order valence-electron chi connectivity index (χ3n) is 2.76. The van der Waals surface area contributed by atoms with E-state index in [1.807, 2.05) is 0 Å². The second kappa shape index (κ2) is 5.17. The number of methoxy groups -OCH3 is 1. The number of hydrogen-bond acceptors (Lipinski definition) is 2. The van der Waals surface area contributed by atoms with E-state index in [1.165, 1.54) is 43.5 Å². The molecule has 0 unspecified atom stereocenters. The van der Waals surface area contributed by atoms with Gasteiger partial charge in [0.25, 0.3) is 5.92 Å². The van der Waals surface area contributed by atoms with Gasteiger partial charge in [-0.2, -0.15) is 8.78 Å². The fourth-order valence-electron chi connectivity index (χ4n) is 1.76. The number of halogens is 3. The van der Waals surface area contributed by atoms with Crippen molar-refractivity contribution in [1.29, 1.82) is 0 Å². The van der Waals surface area contributed by atoms with Crippen LogP contribution in [0.5, 0.6) is 5.75 Å². The summed E-state index contributed by atoms with van der Waals surface area (Å²) < 4.78 is 34.2. The molecule has 0 aromatic heterocycles. The van der Waals surface area contributed by atoms with Crippen molar-refractivity contribution in [2.24, 2.45) is 0 Å². The van der Waals surface area contributed by atoms with Crippen LogP contribution in [0.25, 0.3) is 0 Å². The zero-order valence-corrected chi connectivity index (χ0v) is 11.7. The third-order valence-corrected chi connectivity index (χ3v) is 3.38. The summed E-state index contributed by atoms with van der Waals surface area (Å²) in [5, 5.41) is 0. The SMILES string of the molecule is COc1ccc(C(F)(F)c2cccc(N)c2)cc1Br. The fraction of sp³-hybridized carbons (Fsp3) is 0.143. The molecule has 0 spiro atoms. The largest absolute Gasteiger partial charge is 0.496 e. The highest BCUT2D eigenvalue weighted by molar-refractivity contribution is 9.10. The highest BCUT2D eigenvalue weighted by atomic mass is 79.9. The number of rotatable bonds is 3. The summed E-state index contributed by atoms with van der Waals surface area (Å²) in [7, 11) is 1.48. The van der Waals surface area contributed by atoms with E-state index in [1.54, 1.807) is 6.07 Å². The second-order valence-corrected chi connectivity index (χ2v) is 4.90. The summed E-state index contributed by atoms with van der Waals surface area (Å²) in [5.41, 5.74) is 5.60. The lowest BCUT2D eigenvalue weighted by Crippen LogP contribution is -2.15. The first-order chi connectivity index (χ1) is 8.95. The van der Waals surface area contributed by atoms with Crippen LogP contribution in [0.2, 0.25) is 0 Å². The highest BCUT2D eigenvalue weighted by Crippen LogP contribution is 2.39. The van der Waals surface area contributed by atoms with Crippen LogP contribution in [0.1, 0.15) is 11.1 Å². The Kier molecular flexibility index (Phi) is 3.75. The van der Waals surface area contributed by atoms with Gasteiger partial charge in [0.05, 0.1) is 11.6 Å². The van der Waals surface area contributed by atoms with Crippen molar-refractivity contribution in [2.75, 3.05) is 12.8 Å². The first-order valence-corrected chi connectivity index (χ1v) is 6.32. The lowest BCUT2D eigenvalue weighted by Gasteiger charge is -2.18. The average molecular weight is 328 g/mol. The summed E-state index contributed by atoms with van der Waals surface area (Å²) in [6, 6.07) is 9.90. The van der Waals surface area contributed by atoms with E-state index in [0.29, 0.717) is 15.9 Å². The van der Waals surface area contributed by atoms with Crippen LogP contribution in [0.4, 0.5) is 14.5 Å². The van der Waals surface area contributed by atoms with Gasteiger partial charge in [-0.15, -0.1) is 0 Å². The van der Waals surface area contributed by atoms with Crippen LogP contribution in [-0.4, -0.2) is 7.11 Å². The molecule has 5 heteroatoms. The minimum absolute atomic E-state index is 0.120. The monoisotopic (exact) mass is 327 g/mol. The second-order valence-electron chi connectivity index (χ2n) is 4.05. The van der Waals surface area contributed by atoms with Crippen molar-refractivity contribution < 1.29 is 13.5 Å². The molecule has 0 heterocycles. The standard InChI is InChI=1S/C14H12BrF2NO/c1-19-13-6-5-10(8-12(13)15)14(16,17)9-3-2-4-11(18)7-9/h2-8H,18H2,1H3. The topological polar surface area (TPSA) is 35.2 Å².